The maximum absolute atomic E-state index is 11.1. The van der Waals surface area contributed by atoms with E-state index in [2.05, 4.69) is 4.18 Å². The number of rotatable bonds is 8. The fourth-order valence-corrected chi connectivity index (χ4v) is 3.63. The molecule has 2 unspecified atom stereocenters. The Morgan fingerprint density at radius 2 is 1.71 bits per heavy atom. The second kappa shape index (κ2) is 9.56. The Kier molecular flexibility index (Phi) is 7.95. The summed E-state index contributed by atoms with van der Waals surface area (Å²) < 4.78 is 81.8. The van der Waals surface area contributed by atoms with Crippen molar-refractivity contribution in [1.29, 1.82) is 0 Å². The topological polar surface area (TPSA) is 276 Å². The molecule has 31 heavy (non-hydrogen) atoms. The summed E-state index contributed by atoms with van der Waals surface area (Å²) in [6.45, 7) is -1.12. The van der Waals surface area contributed by atoms with E-state index in [0.717, 1.165) is 0 Å². The lowest BCUT2D eigenvalue weighted by atomic mass is 9.97. The predicted octanol–water partition coefficient (Wildman–Crippen LogP) is -4.92. The average Bonchev–Trinajstić information content (AvgIpc) is 2.61. The van der Waals surface area contributed by atoms with E-state index in [-0.39, 0.29) is 0 Å². The third kappa shape index (κ3) is 7.00. The van der Waals surface area contributed by atoms with Crippen molar-refractivity contribution in [1.82, 2.24) is 4.72 Å². The predicted molar refractivity (Wildman–Crippen MR) is 90.3 cm³/mol. The van der Waals surface area contributed by atoms with Crippen LogP contribution in [-0.4, -0.2) is 113 Å². The minimum atomic E-state index is -5.05. The van der Waals surface area contributed by atoms with Gasteiger partial charge in [0, 0.05) is 0 Å². The molecule has 1 fully saturated rings. The van der Waals surface area contributed by atoms with Gasteiger partial charge in [-0.15, -0.1) is 0 Å². The minimum Gasteiger partial charge on any atom is -0.475 e. The van der Waals surface area contributed by atoms with E-state index >= 15 is 0 Å². The number of nitrogens with one attached hydrogen (secondary N) is 1. The number of hydrogen-bond acceptors (Lipinski definition) is 13. The number of aliphatic hydroxyl groups is 4. The lowest BCUT2D eigenvalue weighted by Crippen LogP contribution is -2.66. The van der Waals surface area contributed by atoms with E-state index < -0.39 is 88.2 Å². The van der Waals surface area contributed by atoms with E-state index in [0.29, 0.717) is 6.08 Å². The Morgan fingerprint density at radius 3 is 2.23 bits per heavy atom. The van der Waals surface area contributed by atoms with Gasteiger partial charge < -0.3 is 39.7 Å². The van der Waals surface area contributed by atoms with Crippen molar-refractivity contribution in [3.8, 4) is 0 Å². The fourth-order valence-electron chi connectivity index (χ4n) is 2.72. The van der Waals surface area contributed by atoms with Crippen LogP contribution in [0.25, 0.3) is 0 Å². The SMILES string of the molecule is O=C(O)C1=C[C@@H](O)[C@H](O)[C@H](OC2[C@@H](COS(=O)(=O)O)OC(O)[C@H](NS(=O)(=O)O)[C@H]2O)O1. The number of carboxylic acid groups (broad SMARTS) is 1. The van der Waals surface area contributed by atoms with Crippen LogP contribution in [0.4, 0.5) is 0 Å². The van der Waals surface area contributed by atoms with Crippen LogP contribution in [0.2, 0.25) is 0 Å². The monoisotopic (exact) mass is 497 g/mol. The highest BCUT2D eigenvalue weighted by Crippen LogP contribution is 2.28. The quantitative estimate of drug-likeness (QED) is 0.146. The van der Waals surface area contributed by atoms with Gasteiger partial charge in [0.2, 0.25) is 12.0 Å². The Balaban J connectivity index is 2.31. The third-order valence-electron chi connectivity index (χ3n) is 4.05. The summed E-state index contributed by atoms with van der Waals surface area (Å²) in [5.41, 5.74) is 0. The molecule has 0 spiro atoms. The highest BCUT2D eigenvalue weighted by molar-refractivity contribution is 7.83. The second-order valence-electron chi connectivity index (χ2n) is 6.29. The molecule has 8 N–H and O–H groups in total. The molecular weight excluding hydrogens is 478 g/mol. The minimum absolute atomic E-state index is 0.631. The third-order valence-corrected chi connectivity index (χ3v) is 5.06. The number of aliphatic carboxylic acids is 1. The van der Waals surface area contributed by atoms with Gasteiger partial charge in [-0.1, -0.05) is 0 Å². The van der Waals surface area contributed by atoms with Gasteiger partial charge in [-0.2, -0.15) is 21.6 Å². The van der Waals surface area contributed by atoms with Gasteiger partial charge in [-0.25, -0.2) is 8.98 Å². The van der Waals surface area contributed by atoms with Gasteiger partial charge >= 0.3 is 26.7 Å². The van der Waals surface area contributed by atoms with Crippen molar-refractivity contribution in [2.24, 2.45) is 0 Å². The molecule has 2 heterocycles. The molecule has 1 saturated heterocycles. The van der Waals surface area contributed by atoms with Crippen molar-refractivity contribution in [2.45, 2.75) is 49.1 Å². The summed E-state index contributed by atoms with van der Waals surface area (Å²) in [4.78, 5) is 11.1. The number of hydrogen-bond donors (Lipinski definition) is 8. The summed E-state index contributed by atoms with van der Waals surface area (Å²) in [7, 11) is -10.1. The molecule has 2 aliphatic rings. The van der Waals surface area contributed by atoms with E-state index in [4.69, 9.17) is 28.4 Å². The zero-order chi connectivity index (χ0) is 23.7. The number of carboxylic acids is 1. The van der Waals surface area contributed by atoms with Gasteiger partial charge in [0.15, 0.2) is 6.29 Å². The number of ether oxygens (including phenoxy) is 3. The van der Waals surface area contributed by atoms with Crippen LogP contribution in [0.15, 0.2) is 11.8 Å². The van der Waals surface area contributed by atoms with Gasteiger partial charge in [0.05, 0.1) is 6.61 Å². The zero-order valence-corrected chi connectivity index (χ0v) is 16.7. The smallest absolute Gasteiger partial charge is 0.397 e. The van der Waals surface area contributed by atoms with E-state index in [1.165, 1.54) is 4.72 Å². The normalized spacial score (nSPS) is 37.0. The standard InChI is InChI=1S/C12H19NO16S2/c14-3-1-4(10(17)18)28-12(7(3)15)29-9-5(2-26-31(23,24)25)27-11(19)6(8(9)16)13-30(20,21)22/h1,3,5-9,11-16,19H,2H2,(H,17,18)(H,20,21,22)(H,23,24,25)/t3-,5-,6-,7+,8-,9?,11?,12+/m1/s1. The first-order chi connectivity index (χ1) is 14.1. The highest BCUT2D eigenvalue weighted by atomic mass is 32.3. The Labute approximate surface area is 174 Å². The molecule has 180 valence electrons. The van der Waals surface area contributed by atoms with Crippen LogP contribution in [0.5, 0.6) is 0 Å². The summed E-state index contributed by atoms with van der Waals surface area (Å²) in [6.07, 6.45) is -13.3. The van der Waals surface area contributed by atoms with Crippen molar-refractivity contribution in [3.05, 3.63) is 11.8 Å². The lowest BCUT2D eigenvalue weighted by molar-refractivity contribution is -0.305. The molecule has 2 aliphatic heterocycles. The first-order valence-electron chi connectivity index (χ1n) is 8.10. The van der Waals surface area contributed by atoms with Crippen LogP contribution in [-0.2, 0) is 43.9 Å². The van der Waals surface area contributed by atoms with Gasteiger partial charge in [-0.3, -0.25) is 9.11 Å². The maximum atomic E-state index is 11.1. The molecule has 8 atom stereocenters. The molecule has 17 nitrogen and oxygen atoms in total. The first kappa shape index (κ1) is 25.8. The van der Waals surface area contributed by atoms with E-state index in [1.807, 2.05) is 0 Å². The molecule has 0 bridgehead atoms. The van der Waals surface area contributed by atoms with Crippen molar-refractivity contribution < 1.29 is 74.7 Å². The van der Waals surface area contributed by atoms with Crippen molar-refractivity contribution >= 4 is 26.7 Å². The molecular formula is C12H19NO16S2. The molecule has 2 rings (SSSR count). The first-order valence-corrected chi connectivity index (χ1v) is 10.9. The van der Waals surface area contributed by atoms with Crippen molar-refractivity contribution in [2.75, 3.05) is 6.61 Å². The summed E-state index contributed by atoms with van der Waals surface area (Å²) in [5.74, 6) is -2.54. The Morgan fingerprint density at radius 1 is 1.10 bits per heavy atom. The molecule has 0 radical (unpaired) electrons. The molecule has 0 aromatic rings. The zero-order valence-electron chi connectivity index (χ0n) is 15.0. The molecule has 0 aromatic heterocycles. The van der Waals surface area contributed by atoms with Crippen LogP contribution < -0.4 is 4.72 Å². The molecule has 0 aliphatic carbocycles. The lowest BCUT2D eigenvalue weighted by Gasteiger charge is -2.44. The Bertz CT molecular complexity index is 900. The summed E-state index contributed by atoms with van der Waals surface area (Å²) >= 11 is 0. The molecule has 0 saturated carbocycles. The van der Waals surface area contributed by atoms with Crippen LogP contribution >= 0.6 is 0 Å². The van der Waals surface area contributed by atoms with Gasteiger partial charge in [-0.05, 0) is 6.08 Å². The average molecular weight is 497 g/mol. The van der Waals surface area contributed by atoms with Crippen LogP contribution in [0.1, 0.15) is 0 Å². The summed E-state index contributed by atoms with van der Waals surface area (Å²) in [6, 6.07) is -2.01. The number of aliphatic hydroxyl groups excluding tert-OH is 4. The van der Waals surface area contributed by atoms with E-state index in [1.54, 1.807) is 0 Å². The Hall–Kier alpha value is -1.49. The number of carbonyl (C=O) groups is 1. The van der Waals surface area contributed by atoms with Gasteiger partial charge in [0.1, 0.15) is 36.6 Å². The summed E-state index contributed by atoms with van der Waals surface area (Å²) in [5, 5.41) is 49.0. The fraction of sp³-hybridized carbons (Fsp3) is 0.750. The van der Waals surface area contributed by atoms with Crippen molar-refractivity contribution in [3.63, 3.8) is 0 Å². The van der Waals surface area contributed by atoms with E-state index in [9.17, 15) is 42.1 Å². The molecule has 19 heteroatoms. The molecule has 0 aromatic carbocycles. The maximum Gasteiger partial charge on any atom is 0.397 e. The highest BCUT2D eigenvalue weighted by Gasteiger charge is 2.50. The van der Waals surface area contributed by atoms with Gasteiger partial charge in [0.25, 0.3) is 0 Å². The largest absolute Gasteiger partial charge is 0.475 e. The molecule has 0 amide bonds. The van der Waals surface area contributed by atoms with Crippen LogP contribution in [0, 0.1) is 0 Å². The van der Waals surface area contributed by atoms with Crippen LogP contribution in [0.3, 0.4) is 0 Å². The second-order valence-corrected chi connectivity index (χ2v) is 8.57.